The fourth-order valence-corrected chi connectivity index (χ4v) is 4.11. The van der Waals surface area contributed by atoms with Gasteiger partial charge in [0.05, 0.1) is 15.6 Å². The minimum absolute atomic E-state index is 0.0340. The van der Waals surface area contributed by atoms with Gasteiger partial charge in [-0.2, -0.15) is 13.2 Å². The van der Waals surface area contributed by atoms with Crippen LogP contribution in [0.1, 0.15) is 15.2 Å². The van der Waals surface area contributed by atoms with E-state index in [1.165, 1.54) is 6.07 Å². The summed E-state index contributed by atoms with van der Waals surface area (Å²) < 4.78 is 39.4. The molecule has 0 bridgehead atoms. The van der Waals surface area contributed by atoms with Gasteiger partial charge in [0.2, 0.25) is 0 Å². The Morgan fingerprint density at radius 2 is 1.76 bits per heavy atom. The van der Waals surface area contributed by atoms with Gasteiger partial charge in [-0.05, 0) is 30.3 Å². The van der Waals surface area contributed by atoms with Crippen LogP contribution in [0, 0.1) is 0 Å². The number of thiophene rings is 1. The zero-order valence-electron chi connectivity index (χ0n) is 12.0. The highest BCUT2D eigenvalue weighted by atomic mass is 35.5. The van der Waals surface area contributed by atoms with Crippen LogP contribution in [0.3, 0.4) is 0 Å². The Balaban J connectivity index is 1.94. The average Bonchev–Trinajstić information content (AvgIpc) is 2.84. The van der Waals surface area contributed by atoms with Gasteiger partial charge in [-0.25, -0.2) is 0 Å². The van der Waals surface area contributed by atoms with Crippen molar-refractivity contribution in [1.82, 2.24) is 0 Å². The van der Waals surface area contributed by atoms with Crippen molar-refractivity contribution in [2.45, 2.75) is 6.18 Å². The molecular formula is C16H7Cl3F3NOS. The highest BCUT2D eigenvalue weighted by molar-refractivity contribution is 7.21. The van der Waals surface area contributed by atoms with Crippen LogP contribution in [0.25, 0.3) is 10.1 Å². The van der Waals surface area contributed by atoms with Gasteiger partial charge in [-0.15, -0.1) is 11.3 Å². The molecular weight excluding hydrogens is 418 g/mol. The van der Waals surface area contributed by atoms with Crippen LogP contribution in [-0.4, -0.2) is 5.91 Å². The summed E-state index contributed by atoms with van der Waals surface area (Å²) in [5, 5.41) is 3.32. The first-order chi connectivity index (χ1) is 11.7. The Labute approximate surface area is 159 Å². The molecule has 1 N–H and O–H groups in total. The van der Waals surface area contributed by atoms with Crippen LogP contribution in [0.5, 0.6) is 0 Å². The van der Waals surface area contributed by atoms with E-state index in [4.69, 9.17) is 34.8 Å². The van der Waals surface area contributed by atoms with E-state index in [0.717, 1.165) is 23.5 Å². The minimum Gasteiger partial charge on any atom is -0.321 e. The van der Waals surface area contributed by atoms with E-state index in [9.17, 15) is 18.0 Å². The van der Waals surface area contributed by atoms with Crippen LogP contribution < -0.4 is 5.32 Å². The lowest BCUT2D eigenvalue weighted by Crippen LogP contribution is -2.12. The molecule has 0 saturated carbocycles. The number of hydrogen-bond donors (Lipinski definition) is 1. The van der Waals surface area contributed by atoms with E-state index < -0.39 is 22.7 Å². The van der Waals surface area contributed by atoms with Crippen molar-refractivity contribution in [1.29, 1.82) is 0 Å². The summed E-state index contributed by atoms with van der Waals surface area (Å²) in [6.07, 6.45) is -4.62. The molecule has 1 amide bonds. The molecule has 3 rings (SSSR count). The van der Waals surface area contributed by atoms with Crippen LogP contribution >= 0.6 is 46.1 Å². The van der Waals surface area contributed by atoms with Crippen molar-refractivity contribution in [2.24, 2.45) is 0 Å². The van der Waals surface area contributed by atoms with Gasteiger partial charge in [0, 0.05) is 20.8 Å². The monoisotopic (exact) mass is 423 g/mol. The Morgan fingerprint density at radius 3 is 2.44 bits per heavy atom. The van der Waals surface area contributed by atoms with Crippen molar-refractivity contribution >= 4 is 67.8 Å². The SMILES string of the molecule is O=C(Nc1ccc(Cl)c(C(F)(F)F)c1)c1sc2cc(Cl)ccc2c1Cl. The zero-order valence-corrected chi connectivity index (χ0v) is 15.1. The highest BCUT2D eigenvalue weighted by Gasteiger charge is 2.33. The first kappa shape index (κ1) is 18.3. The maximum atomic E-state index is 12.9. The largest absolute Gasteiger partial charge is 0.417 e. The summed E-state index contributed by atoms with van der Waals surface area (Å²) >= 11 is 18.8. The molecule has 1 heterocycles. The minimum atomic E-state index is -4.62. The first-order valence-electron chi connectivity index (χ1n) is 6.72. The second-order valence-electron chi connectivity index (χ2n) is 5.03. The van der Waals surface area contributed by atoms with E-state index in [0.29, 0.717) is 15.1 Å². The summed E-state index contributed by atoms with van der Waals surface area (Å²) in [6, 6.07) is 8.11. The van der Waals surface area contributed by atoms with Crippen LogP contribution in [0.4, 0.5) is 18.9 Å². The summed E-state index contributed by atoms with van der Waals surface area (Å²) in [6.45, 7) is 0. The molecule has 1 aromatic heterocycles. The molecule has 0 unspecified atom stereocenters. The van der Waals surface area contributed by atoms with Gasteiger partial charge in [-0.1, -0.05) is 40.9 Å². The fourth-order valence-electron chi connectivity index (χ4n) is 2.19. The number of hydrogen-bond acceptors (Lipinski definition) is 2. The molecule has 0 saturated heterocycles. The summed E-state index contributed by atoms with van der Waals surface area (Å²) in [4.78, 5) is 12.6. The third-order valence-electron chi connectivity index (χ3n) is 3.33. The van der Waals surface area contributed by atoms with Gasteiger partial charge in [0.1, 0.15) is 4.88 Å². The Hall–Kier alpha value is -1.47. The van der Waals surface area contributed by atoms with Crippen molar-refractivity contribution in [3.05, 3.63) is 61.9 Å². The average molecular weight is 425 g/mol. The van der Waals surface area contributed by atoms with E-state index >= 15 is 0 Å². The summed E-state index contributed by atoms with van der Waals surface area (Å²) in [5.74, 6) is -0.613. The summed E-state index contributed by atoms with van der Waals surface area (Å²) in [5.41, 5.74) is -1.06. The Morgan fingerprint density at radius 1 is 1.04 bits per heavy atom. The zero-order chi connectivity index (χ0) is 18.4. The number of anilines is 1. The van der Waals surface area contributed by atoms with Gasteiger partial charge >= 0.3 is 6.18 Å². The van der Waals surface area contributed by atoms with Gasteiger partial charge in [-0.3, -0.25) is 4.79 Å². The molecule has 0 spiro atoms. The molecule has 2 nitrogen and oxygen atoms in total. The predicted octanol–water partition coefficient (Wildman–Crippen LogP) is 7.13. The Kier molecular flexibility index (Phi) is 4.90. The second kappa shape index (κ2) is 6.68. The molecule has 2 aromatic carbocycles. The van der Waals surface area contributed by atoms with E-state index in [1.54, 1.807) is 18.2 Å². The number of amides is 1. The number of fused-ring (bicyclic) bond motifs is 1. The molecule has 0 aliphatic heterocycles. The third-order valence-corrected chi connectivity index (χ3v) is 5.55. The van der Waals surface area contributed by atoms with Crippen molar-refractivity contribution < 1.29 is 18.0 Å². The maximum absolute atomic E-state index is 12.9. The lowest BCUT2D eigenvalue weighted by molar-refractivity contribution is -0.137. The normalized spacial score (nSPS) is 11.8. The number of carbonyl (C=O) groups is 1. The smallest absolute Gasteiger partial charge is 0.321 e. The molecule has 0 fully saturated rings. The molecule has 25 heavy (non-hydrogen) atoms. The molecule has 0 aliphatic rings. The summed E-state index contributed by atoms with van der Waals surface area (Å²) in [7, 11) is 0. The first-order valence-corrected chi connectivity index (χ1v) is 8.67. The van der Waals surface area contributed by atoms with Crippen molar-refractivity contribution in [2.75, 3.05) is 5.32 Å². The standard InChI is InChI=1S/C16H7Cl3F3NOS/c17-7-1-3-9-12(5-7)25-14(13(9)19)15(24)23-8-2-4-11(18)10(6-8)16(20,21)22/h1-6H,(H,23,24). The number of benzene rings is 2. The number of nitrogens with one attached hydrogen (secondary N) is 1. The second-order valence-corrected chi connectivity index (χ2v) is 7.31. The quantitative estimate of drug-likeness (QED) is 0.466. The van der Waals surface area contributed by atoms with E-state index in [-0.39, 0.29) is 15.6 Å². The molecule has 0 atom stereocenters. The van der Waals surface area contributed by atoms with Crippen molar-refractivity contribution in [3.63, 3.8) is 0 Å². The van der Waals surface area contributed by atoms with Crippen molar-refractivity contribution in [3.8, 4) is 0 Å². The highest BCUT2D eigenvalue weighted by Crippen LogP contribution is 2.38. The predicted molar refractivity (Wildman–Crippen MR) is 96.3 cm³/mol. The topological polar surface area (TPSA) is 29.1 Å². The van der Waals surface area contributed by atoms with Gasteiger partial charge in [0.15, 0.2) is 0 Å². The number of rotatable bonds is 2. The maximum Gasteiger partial charge on any atom is 0.417 e. The third kappa shape index (κ3) is 3.72. The lowest BCUT2D eigenvalue weighted by Gasteiger charge is -2.11. The Bertz CT molecular complexity index is 985. The lowest BCUT2D eigenvalue weighted by atomic mass is 10.2. The van der Waals surface area contributed by atoms with Crippen LogP contribution in [-0.2, 0) is 6.18 Å². The van der Waals surface area contributed by atoms with E-state index in [1.807, 2.05) is 0 Å². The number of halogens is 6. The molecule has 3 aromatic rings. The molecule has 9 heteroatoms. The molecule has 0 aliphatic carbocycles. The fraction of sp³-hybridized carbons (Fsp3) is 0.0625. The van der Waals surface area contributed by atoms with E-state index in [2.05, 4.69) is 5.32 Å². The van der Waals surface area contributed by atoms with Crippen LogP contribution in [0.15, 0.2) is 36.4 Å². The number of carbonyl (C=O) groups excluding carboxylic acids is 1. The molecule has 0 radical (unpaired) electrons. The number of alkyl halides is 3. The van der Waals surface area contributed by atoms with Crippen LogP contribution in [0.2, 0.25) is 15.1 Å². The molecule has 130 valence electrons. The van der Waals surface area contributed by atoms with Gasteiger partial charge < -0.3 is 5.32 Å². The van der Waals surface area contributed by atoms with Gasteiger partial charge in [0.25, 0.3) is 5.91 Å².